The first-order chi connectivity index (χ1) is 10.1. The third-order valence-electron chi connectivity index (χ3n) is 4.26. The highest BCUT2D eigenvalue weighted by atomic mass is 32.1. The predicted octanol–water partition coefficient (Wildman–Crippen LogP) is 3.93. The van der Waals surface area contributed by atoms with Gasteiger partial charge in [0.1, 0.15) is 4.99 Å². The molecule has 1 aliphatic carbocycles. The molecule has 3 nitrogen and oxygen atoms in total. The molecule has 1 fully saturated rings. The van der Waals surface area contributed by atoms with Crippen LogP contribution in [0.2, 0.25) is 0 Å². The Hall–Kier alpha value is -1.42. The number of hydrogen-bond donors (Lipinski definition) is 2. The van der Waals surface area contributed by atoms with Crippen LogP contribution >= 0.6 is 12.2 Å². The zero-order chi connectivity index (χ0) is 15.2. The molecule has 1 aromatic carbocycles. The lowest BCUT2D eigenvalue weighted by Crippen LogP contribution is -2.24. The Morgan fingerprint density at radius 2 is 1.81 bits per heavy atom. The maximum Gasteiger partial charge on any atom is 0.227 e. The van der Waals surface area contributed by atoms with Gasteiger partial charge in [-0.1, -0.05) is 56.5 Å². The minimum Gasteiger partial charge on any atom is -0.389 e. The molecule has 0 aliphatic heterocycles. The van der Waals surface area contributed by atoms with Crippen molar-refractivity contribution < 1.29 is 4.79 Å². The number of benzene rings is 1. The summed E-state index contributed by atoms with van der Waals surface area (Å²) >= 11 is 5.00. The highest BCUT2D eigenvalue weighted by molar-refractivity contribution is 7.80. The van der Waals surface area contributed by atoms with Crippen molar-refractivity contribution in [1.29, 1.82) is 0 Å². The summed E-state index contributed by atoms with van der Waals surface area (Å²) in [6.45, 7) is 1.98. The molecular weight excluding hydrogens is 280 g/mol. The second kappa shape index (κ2) is 7.55. The maximum absolute atomic E-state index is 12.5. The molecule has 1 saturated carbocycles. The Morgan fingerprint density at radius 1 is 1.19 bits per heavy atom. The Kier molecular flexibility index (Phi) is 5.74. The Balaban J connectivity index is 2.07. The second-order valence-corrected chi connectivity index (χ2v) is 6.37. The molecule has 0 heterocycles. The highest BCUT2D eigenvalue weighted by Gasteiger charge is 2.20. The first kappa shape index (κ1) is 16.0. The standard InChI is InChI=1S/C17H24N2OS/c1-12-9-10-14(16(18)21)11-15(12)19-17(20)13-7-5-3-2-4-6-8-13/h9-11,13H,2-8H2,1H3,(H2,18,21)(H,19,20). The van der Waals surface area contributed by atoms with Gasteiger partial charge in [0, 0.05) is 17.2 Å². The maximum atomic E-state index is 12.5. The van der Waals surface area contributed by atoms with Crippen LogP contribution in [-0.2, 0) is 4.79 Å². The molecule has 0 unspecified atom stereocenters. The minimum absolute atomic E-state index is 0.137. The van der Waals surface area contributed by atoms with E-state index in [4.69, 9.17) is 18.0 Å². The van der Waals surface area contributed by atoms with Gasteiger partial charge in [-0.3, -0.25) is 4.79 Å². The summed E-state index contributed by atoms with van der Waals surface area (Å²) in [4.78, 5) is 12.8. The smallest absolute Gasteiger partial charge is 0.227 e. The lowest BCUT2D eigenvalue weighted by atomic mass is 9.90. The van der Waals surface area contributed by atoms with Gasteiger partial charge >= 0.3 is 0 Å². The Bertz CT molecular complexity index is 520. The molecule has 1 amide bonds. The second-order valence-electron chi connectivity index (χ2n) is 5.93. The van der Waals surface area contributed by atoms with Crippen LogP contribution < -0.4 is 11.1 Å². The molecular formula is C17H24N2OS. The van der Waals surface area contributed by atoms with Gasteiger partial charge in [0.2, 0.25) is 5.91 Å². The van der Waals surface area contributed by atoms with E-state index in [-0.39, 0.29) is 11.8 Å². The van der Waals surface area contributed by atoms with Crippen LogP contribution in [-0.4, -0.2) is 10.9 Å². The first-order valence-electron chi connectivity index (χ1n) is 7.79. The quantitative estimate of drug-likeness (QED) is 0.832. The van der Waals surface area contributed by atoms with Gasteiger partial charge in [0.25, 0.3) is 0 Å². The van der Waals surface area contributed by atoms with E-state index >= 15 is 0 Å². The highest BCUT2D eigenvalue weighted by Crippen LogP contribution is 2.25. The van der Waals surface area contributed by atoms with E-state index in [1.54, 1.807) is 0 Å². The summed E-state index contributed by atoms with van der Waals surface area (Å²) in [5.41, 5.74) is 8.32. The van der Waals surface area contributed by atoms with E-state index in [1.165, 1.54) is 19.3 Å². The van der Waals surface area contributed by atoms with Crippen LogP contribution in [0.15, 0.2) is 18.2 Å². The van der Waals surface area contributed by atoms with E-state index in [9.17, 15) is 4.79 Å². The largest absolute Gasteiger partial charge is 0.389 e. The summed E-state index contributed by atoms with van der Waals surface area (Å²) in [7, 11) is 0. The molecule has 2 rings (SSSR count). The topological polar surface area (TPSA) is 55.1 Å². The SMILES string of the molecule is Cc1ccc(C(N)=S)cc1NC(=O)C1CCCCCCC1. The number of carbonyl (C=O) groups excluding carboxylic acids is 1. The van der Waals surface area contributed by atoms with E-state index < -0.39 is 0 Å². The number of thiocarbonyl (C=S) groups is 1. The summed E-state index contributed by atoms with van der Waals surface area (Å²) in [6.07, 6.45) is 8.12. The normalized spacial score (nSPS) is 16.8. The van der Waals surface area contributed by atoms with Crippen molar-refractivity contribution in [3.63, 3.8) is 0 Å². The van der Waals surface area contributed by atoms with E-state index in [2.05, 4.69) is 5.32 Å². The molecule has 0 bridgehead atoms. The van der Waals surface area contributed by atoms with Gasteiger partial charge in [-0.15, -0.1) is 0 Å². The fraction of sp³-hybridized carbons (Fsp3) is 0.529. The molecule has 0 saturated heterocycles. The fourth-order valence-electron chi connectivity index (χ4n) is 2.86. The van der Waals surface area contributed by atoms with Crippen molar-refractivity contribution in [2.75, 3.05) is 5.32 Å². The zero-order valence-electron chi connectivity index (χ0n) is 12.7. The van der Waals surface area contributed by atoms with Crippen LogP contribution in [0.25, 0.3) is 0 Å². The van der Waals surface area contributed by atoms with Crippen molar-refractivity contribution in [3.05, 3.63) is 29.3 Å². The number of nitrogens with two attached hydrogens (primary N) is 1. The molecule has 0 atom stereocenters. The van der Waals surface area contributed by atoms with E-state index in [0.717, 1.165) is 42.5 Å². The number of rotatable bonds is 3. The first-order valence-corrected chi connectivity index (χ1v) is 8.20. The van der Waals surface area contributed by atoms with Crippen LogP contribution in [0.4, 0.5) is 5.69 Å². The van der Waals surface area contributed by atoms with Crippen LogP contribution in [0.5, 0.6) is 0 Å². The van der Waals surface area contributed by atoms with Crippen molar-refractivity contribution in [2.24, 2.45) is 11.7 Å². The number of aryl methyl sites for hydroxylation is 1. The van der Waals surface area contributed by atoms with Crippen molar-refractivity contribution in [2.45, 2.75) is 51.9 Å². The molecule has 21 heavy (non-hydrogen) atoms. The zero-order valence-corrected chi connectivity index (χ0v) is 13.5. The number of hydrogen-bond acceptors (Lipinski definition) is 2. The molecule has 0 radical (unpaired) electrons. The monoisotopic (exact) mass is 304 g/mol. The molecule has 1 aromatic rings. The number of anilines is 1. The number of carbonyl (C=O) groups is 1. The van der Waals surface area contributed by atoms with Crippen molar-refractivity contribution >= 4 is 28.8 Å². The number of amides is 1. The van der Waals surface area contributed by atoms with Gasteiger partial charge in [0.05, 0.1) is 0 Å². The molecule has 4 heteroatoms. The van der Waals surface area contributed by atoms with Crippen molar-refractivity contribution in [3.8, 4) is 0 Å². The summed E-state index contributed by atoms with van der Waals surface area (Å²) in [5.74, 6) is 0.276. The van der Waals surface area contributed by atoms with Crippen molar-refractivity contribution in [1.82, 2.24) is 0 Å². The van der Waals surface area contributed by atoms with Crippen LogP contribution in [0.3, 0.4) is 0 Å². The average Bonchev–Trinajstić information content (AvgIpc) is 2.40. The lowest BCUT2D eigenvalue weighted by molar-refractivity contribution is -0.120. The molecule has 0 aromatic heterocycles. The molecule has 1 aliphatic rings. The Labute approximate surface area is 132 Å². The van der Waals surface area contributed by atoms with E-state index in [1.807, 2.05) is 25.1 Å². The fourth-order valence-corrected chi connectivity index (χ4v) is 2.99. The van der Waals surface area contributed by atoms with Gasteiger partial charge in [0.15, 0.2) is 0 Å². The summed E-state index contributed by atoms with van der Waals surface area (Å²) in [6, 6.07) is 5.71. The average molecular weight is 304 g/mol. The van der Waals surface area contributed by atoms with Gasteiger partial charge in [-0.2, -0.15) is 0 Å². The predicted molar refractivity (Wildman–Crippen MR) is 91.5 cm³/mol. The summed E-state index contributed by atoms with van der Waals surface area (Å²) in [5, 5.41) is 3.07. The third kappa shape index (κ3) is 4.53. The van der Waals surface area contributed by atoms with Gasteiger partial charge in [-0.05, 0) is 31.4 Å². The van der Waals surface area contributed by atoms with Gasteiger partial charge in [-0.25, -0.2) is 0 Å². The van der Waals surface area contributed by atoms with E-state index in [0.29, 0.717) is 4.99 Å². The third-order valence-corrected chi connectivity index (χ3v) is 4.49. The number of nitrogens with one attached hydrogen (secondary N) is 1. The van der Waals surface area contributed by atoms with Crippen LogP contribution in [0.1, 0.15) is 56.1 Å². The van der Waals surface area contributed by atoms with Gasteiger partial charge < -0.3 is 11.1 Å². The van der Waals surface area contributed by atoms with Crippen LogP contribution in [0, 0.1) is 12.8 Å². The molecule has 0 spiro atoms. The summed E-state index contributed by atoms with van der Waals surface area (Å²) < 4.78 is 0. The minimum atomic E-state index is 0.137. The Morgan fingerprint density at radius 3 is 2.43 bits per heavy atom. The molecule has 3 N–H and O–H groups in total. The lowest BCUT2D eigenvalue weighted by Gasteiger charge is -2.20. The molecule has 114 valence electrons.